The number of pyridine rings is 1. The Hall–Kier alpha value is -2.08. The van der Waals surface area contributed by atoms with Gasteiger partial charge in [0.15, 0.2) is 0 Å². The first-order chi connectivity index (χ1) is 12.9. The molecular formula is C19H18Cl3N5. The second-order valence-electron chi connectivity index (χ2n) is 5.94. The monoisotopic (exact) mass is 421 g/mol. The van der Waals surface area contributed by atoms with Crippen LogP contribution in [0.2, 0.25) is 0 Å². The Morgan fingerprint density at radius 3 is 2.52 bits per heavy atom. The summed E-state index contributed by atoms with van der Waals surface area (Å²) in [5, 5.41) is 6.12. The zero-order valence-electron chi connectivity index (χ0n) is 14.8. The highest BCUT2D eigenvalue weighted by atomic mass is 35.6. The topological polar surface area (TPSA) is 62.7 Å². The maximum atomic E-state index is 5.82. The van der Waals surface area contributed by atoms with Crippen molar-refractivity contribution < 1.29 is 0 Å². The van der Waals surface area contributed by atoms with E-state index in [1.165, 1.54) is 0 Å². The number of rotatable bonds is 5. The molecule has 0 fully saturated rings. The summed E-state index contributed by atoms with van der Waals surface area (Å²) in [5.41, 5.74) is 5.54. The summed E-state index contributed by atoms with van der Waals surface area (Å²) in [6.45, 7) is 2.15. The van der Waals surface area contributed by atoms with Crippen molar-refractivity contribution in [3.8, 4) is 22.4 Å². The zero-order chi connectivity index (χ0) is 19.4. The fourth-order valence-corrected chi connectivity index (χ4v) is 2.82. The SMILES string of the molecule is CNc1cc(-c2cccc(-c3cc(NCC(Cl)(Cl)Cl)cnc3C)c2)ncn1. The summed E-state index contributed by atoms with van der Waals surface area (Å²) in [4.78, 5) is 13.0. The van der Waals surface area contributed by atoms with E-state index in [0.717, 1.165) is 39.6 Å². The molecule has 2 N–H and O–H groups in total. The average Bonchev–Trinajstić information content (AvgIpc) is 2.67. The van der Waals surface area contributed by atoms with E-state index in [1.807, 2.05) is 44.3 Å². The molecule has 0 aliphatic rings. The maximum Gasteiger partial charge on any atom is 0.207 e. The summed E-state index contributed by atoms with van der Waals surface area (Å²) in [7, 11) is 1.83. The second-order valence-corrected chi connectivity index (χ2v) is 8.46. The molecule has 1 aromatic carbocycles. The Labute approximate surface area is 173 Å². The smallest absolute Gasteiger partial charge is 0.207 e. The molecular weight excluding hydrogens is 405 g/mol. The van der Waals surface area contributed by atoms with E-state index in [-0.39, 0.29) is 6.54 Å². The number of hydrogen-bond acceptors (Lipinski definition) is 5. The number of anilines is 2. The first kappa shape index (κ1) is 19.7. The van der Waals surface area contributed by atoms with E-state index in [4.69, 9.17) is 34.8 Å². The number of benzene rings is 1. The molecule has 0 radical (unpaired) electrons. The number of alkyl halides is 3. The molecule has 0 saturated heterocycles. The third kappa shape index (κ3) is 5.22. The van der Waals surface area contributed by atoms with Gasteiger partial charge in [-0.15, -0.1) is 0 Å². The Kier molecular flexibility index (Phi) is 6.05. The number of aromatic nitrogens is 3. The van der Waals surface area contributed by atoms with E-state index in [2.05, 4.69) is 31.7 Å². The summed E-state index contributed by atoms with van der Waals surface area (Å²) in [6.07, 6.45) is 3.27. The molecule has 3 rings (SSSR count). The molecule has 0 atom stereocenters. The second kappa shape index (κ2) is 8.30. The minimum Gasteiger partial charge on any atom is -0.379 e. The summed E-state index contributed by atoms with van der Waals surface area (Å²) in [6, 6.07) is 12.0. The van der Waals surface area contributed by atoms with Crippen LogP contribution < -0.4 is 10.6 Å². The van der Waals surface area contributed by atoms with Gasteiger partial charge in [-0.25, -0.2) is 9.97 Å². The van der Waals surface area contributed by atoms with Crippen molar-refractivity contribution in [1.82, 2.24) is 15.0 Å². The molecule has 140 valence electrons. The van der Waals surface area contributed by atoms with E-state index in [1.54, 1.807) is 12.5 Å². The van der Waals surface area contributed by atoms with Gasteiger partial charge in [0.25, 0.3) is 0 Å². The van der Waals surface area contributed by atoms with Crippen LogP contribution in [-0.2, 0) is 0 Å². The minimum absolute atomic E-state index is 0.190. The Balaban J connectivity index is 1.94. The Morgan fingerprint density at radius 2 is 1.78 bits per heavy atom. The number of halogens is 3. The van der Waals surface area contributed by atoms with Gasteiger partial charge in [-0.2, -0.15) is 0 Å². The van der Waals surface area contributed by atoms with E-state index >= 15 is 0 Å². The van der Waals surface area contributed by atoms with Gasteiger partial charge in [-0.05, 0) is 24.6 Å². The number of nitrogens with one attached hydrogen (secondary N) is 2. The molecule has 3 aromatic rings. The molecule has 0 spiro atoms. The van der Waals surface area contributed by atoms with Crippen molar-refractivity contribution in [3.05, 3.63) is 54.6 Å². The van der Waals surface area contributed by atoms with Gasteiger partial charge in [0.1, 0.15) is 12.1 Å². The zero-order valence-corrected chi connectivity index (χ0v) is 17.1. The Morgan fingerprint density at radius 1 is 1.00 bits per heavy atom. The van der Waals surface area contributed by atoms with Crippen LogP contribution in [0.25, 0.3) is 22.4 Å². The fraction of sp³-hybridized carbons (Fsp3) is 0.211. The summed E-state index contributed by atoms with van der Waals surface area (Å²) in [5.74, 6) is 0.765. The van der Waals surface area contributed by atoms with Crippen molar-refractivity contribution in [2.45, 2.75) is 10.7 Å². The standard InChI is InChI=1S/C19H18Cl3N5/c1-12-16(7-15(9-24-12)25-10-19(20,21)22)13-4-3-5-14(6-13)17-8-18(23-2)27-11-26-17/h3-9,11,25H,10H2,1-2H3,(H,23,26,27). The molecule has 2 aromatic heterocycles. The van der Waals surface area contributed by atoms with Gasteiger partial charge in [0, 0.05) is 29.9 Å². The highest BCUT2D eigenvalue weighted by molar-refractivity contribution is 6.67. The molecule has 0 amide bonds. The van der Waals surface area contributed by atoms with Gasteiger partial charge in [0.05, 0.1) is 24.1 Å². The third-order valence-corrected chi connectivity index (χ3v) is 4.37. The van der Waals surface area contributed by atoms with Crippen LogP contribution in [0.5, 0.6) is 0 Å². The van der Waals surface area contributed by atoms with Gasteiger partial charge in [-0.1, -0.05) is 53.0 Å². The molecule has 0 saturated carbocycles. The van der Waals surface area contributed by atoms with E-state index < -0.39 is 3.79 Å². The minimum atomic E-state index is -1.37. The molecule has 5 nitrogen and oxygen atoms in total. The van der Waals surface area contributed by atoms with Crippen molar-refractivity contribution in [2.75, 3.05) is 24.2 Å². The number of aryl methyl sites for hydroxylation is 1. The summed E-state index contributed by atoms with van der Waals surface area (Å²) >= 11 is 17.4. The largest absolute Gasteiger partial charge is 0.379 e. The predicted molar refractivity (Wildman–Crippen MR) is 114 cm³/mol. The van der Waals surface area contributed by atoms with Crippen molar-refractivity contribution in [1.29, 1.82) is 0 Å². The highest BCUT2D eigenvalue weighted by Gasteiger charge is 2.19. The normalized spacial score (nSPS) is 11.3. The fourth-order valence-electron chi connectivity index (χ4n) is 2.62. The molecule has 0 bridgehead atoms. The van der Waals surface area contributed by atoms with Gasteiger partial charge in [-0.3, -0.25) is 4.98 Å². The summed E-state index contributed by atoms with van der Waals surface area (Å²) < 4.78 is -1.37. The lowest BCUT2D eigenvalue weighted by Gasteiger charge is -2.15. The van der Waals surface area contributed by atoms with Crippen LogP contribution in [-0.4, -0.2) is 32.3 Å². The predicted octanol–water partition coefficient (Wildman–Crippen LogP) is 5.34. The van der Waals surface area contributed by atoms with E-state index in [9.17, 15) is 0 Å². The van der Waals surface area contributed by atoms with Crippen LogP contribution in [0.15, 0.2) is 48.9 Å². The van der Waals surface area contributed by atoms with Gasteiger partial charge < -0.3 is 10.6 Å². The molecule has 0 aliphatic heterocycles. The van der Waals surface area contributed by atoms with Crippen molar-refractivity contribution in [3.63, 3.8) is 0 Å². The van der Waals surface area contributed by atoms with Crippen LogP contribution in [0.1, 0.15) is 5.69 Å². The first-order valence-corrected chi connectivity index (χ1v) is 9.37. The van der Waals surface area contributed by atoms with Crippen LogP contribution in [0.4, 0.5) is 11.5 Å². The lowest BCUT2D eigenvalue weighted by molar-refractivity contribution is 1.08. The molecule has 2 heterocycles. The van der Waals surface area contributed by atoms with Crippen LogP contribution >= 0.6 is 34.8 Å². The molecule has 0 unspecified atom stereocenters. The molecule has 27 heavy (non-hydrogen) atoms. The quantitative estimate of drug-likeness (QED) is 0.544. The molecule has 8 heteroatoms. The average molecular weight is 423 g/mol. The molecule has 0 aliphatic carbocycles. The highest BCUT2D eigenvalue weighted by Crippen LogP contribution is 2.30. The van der Waals surface area contributed by atoms with Crippen LogP contribution in [0.3, 0.4) is 0 Å². The maximum absolute atomic E-state index is 5.82. The van der Waals surface area contributed by atoms with Gasteiger partial charge in [0.2, 0.25) is 3.79 Å². The number of nitrogens with zero attached hydrogens (tertiary/aromatic N) is 3. The van der Waals surface area contributed by atoms with Gasteiger partial charge >= 0.3 is 0 Å². The Bertz CT molecular complexity index is 941. The van der Waals surface area contributed by atoms with Crippen molar-refractivity contribution >= 4 is 46.3 Å². The third-order valence-electron chi connectivity index (χ3n) is 3.97. The first-order valence-electron chi connectivity index (χ1n) is 8.23. The van der Waals surface area contributed by atoms with E-state index in [0.29, 0.717) is 0 Å². The number of hydrogen-bond donors (Lipinski definition) is 2. The van der Waals surface area contributed by atoms with Crippen LogP contribution in [0, 0.1) is 6.92 Å². The lowest BCUT2D eigenvalue weighted by atomic mass is 10.0. The van der Waals surface area contributed by atoms with Crippen molar-refractivity contribution in [2.24, 2.45) is 0 Å². The lowest BCUT2D eigenvalue weighted by Crippen LogP contribution is -2.17.